The number of rotatable bonds is 5. The fourth-order valence-corrected chi connectivity index (χ4v) is 3.18. The standard InChI is InChI=1S/C17H23NO3/c1-3-20-14-7-5-4-6-13(14)16(19)18-17(2)10-11-21-15(17)12-8-9-12/h4-7,12,15H,3,8-11H2,1-2H3,(H,18,19). The van der Waals surface area contributed by atoms with Gasteiger partial charge in [-0.25, -0.2) is 0 Å². The highest BCUT2D eigenvalue weighted by atomic mass is 16.5. The number of hydrogen-bond acceptors (Lipinski definition) is 3. The Bertz CT molecular complexity index is 527. The highest BCUT2D eigenvalue weighted by Gasteiger charge is 2.49. The van der Waals surface area contributed by atoms with Crippen molar-refractivity contribution in [3.63, 3.8) is 0 Å². The Hall–Kier alpha value is -1.55. The van der Waals surface area contributed by atoms with Crippen molar-refractivity contribution in [3.05, 3.63) is 29.8 Å². The second-order valence-corrected chi connectivity index (χ2v) is 6.18. The summed E-state index contributed by atoms with van der Waals surface area (Å²) >= 11 is 0. The Morgan fingerprint density at radius 1 is 1.43 bits per heavy atom. The Labute approximate surface area is 125 Å². The van der Waals surface area contributed by atoms with E-state index < -0.39 is 0 Å². The summed E-state index contributed by atoms with van der Waals surface area (Å²) in [6, 6.07) is 7.40. The molecule has 1 amide bonds. The number of para-hydroxylation sites is 1. The third kappa shape index (κ3) is 2.91. The van der Waals surface area contributed by atoms with Gasteiger partial charge in [0.2, 0.25) is 0 Å². The zero-order valence-corrected chi connectivity index (χ0v) is 12.7. The predicted octanol–water partition coefficient (Wildman–Crippen LogP) is 2.77. The van der Waals surface area contributed by atoms with E-state index in [-0.39, 0.29) is 17.6 Å². The van der Waals surface area contributed by atoms with Gasteiger partial charge in [0, 0.05) is 6.61 Å². The molecule has 1 aromatic carbocycles. The molecule has 1 aliphatic heterocycles. The van der Waals surface area contributed by atoms with Crippen molar-refractivity contribution >= 4 is 5.91 Å². The maximum Gasteiger partial charge on any atom is 0.255 e. The molecule has 114 valence electrons. The lowest BCUT2D eigenvalue weighted by Gasteiger charge is -2.31. The van der Waals surface area contributed by atoms with Crippen molar-refractivity contribution in [2.75, 3.05) is 13.2 Å². The van der Waals surface area contributed by atoms with Crippen LogP contribution in [-0.4, -0.2) is 30.8 Å². The lowest BCUT2D eigenvalue weighted by molar-refractivity contribution is 0.0513. The van der Waals surface area contributed by atoms with Gasteiger partial charge in [-0.05, 0) is 51.2 Å². The Balaban J connectivity index is 1.76. The summed E-state index contributed by atoms with van der Waals surface area (Å²) in [4.78, 5) is 12.6. The molecule has 0 bridgehead atoms. The molecule has 4 heteroatoms. The third-order valence-corrected chi connectivity index (χ3v) is 4.43. The second-order valence-electron chi connectivity index (χ2n) is 6.18. The summed E-state index contributed by atoms with van der Waals surface area (Å²) in [5, 5.41) is 3.20. The van der Waals surface area contributed by atoms with Gasteiger partial charge in [0.25, 0.3) is 5.91 Å². The summed E-state index contributed by atoms with van der Waals surface area (Å²) in [7, 11) is 0. The van der Waals surface area contributed by atoms with Crippen LogP contribution < -0.4 is 10.1 Å². The summed E-state index contributed by atoms with van der Waals surface area (Å²) in [6.45, 7) is 5.30. The van der Waals surface area contributed by atoms with E-state index in [1.807, 2.05) is 31.2 Å². The van der Waals surface area contributed by atoms with Gasteiger partial charge in [0.05, 0.1) is 23.8 Å². The van der Waals surface area contributed by atoms with E-state index in [9.17, 15) is 4.79 Å². The Kier molecular flexibility index (Phi) is 3.89. The summed E-state index contributed by atoms with van der Waals surface area (Å²) in [5.74, 6) is 1.18. The quantitative estimate of drug-likeness (QED) is 0.906. The smallest absolute Gasteiger partial charge is 0.255 e. The lowest BCUT2D eigenvalue weighted by Crippen LogP contribution is -2.52. The highest BCUT2D eigenvalue weighted by Crippen LogP contribution is 2.43. The van der Waals surface area contributed by atoms with E-state index in [0.29, 0.717) is 23.8 Å². The van der Waals surface area contributed by atoms with Gasteiger partial charge < -0.3 is 14.8 Å². The fraction of sp³-hybridized carbons (Fsp3) is 0.588. The van der Waals surface area contributed by atoms with Crippen LogP contribution in [0, 0.1) is 5.92 Å². The molecule has 2 aliphatic rings. The number of benzene rings is 1. The van der Waals surface area contributed by atoms with Crippen LogP contribution >= 0.6 is 0 Å². The summed E-state index contributed by atoms with van der Waals surface area (Å²) in [6.07, 6.45) is 3.45. The molecule has 0 spiro atoms. The first-order valence-corrected chi connectivity index (χ1v) is 7.80. The number of carbonyl (C=O) groups excluding carboxylic acids is 1. The van der Waals surface area contributed by atoms with E-state index in [2.05, 4.69) is 12.2 Å². The predicted molar refractivity (Wildman–Crippen MR) is 80.6 cm³/mol. The zero-order valence-electron chi connectivity index (χ0n) is 12.7. The molecular formula is C17H23NO3. The van der Waals surface area contributed by atoms with Crippen molar-refractivity contribution in [2.45, 2.75) is 44.8 Å². The number of amides is 1. The van der Waals surface area contributed by atoms with E-state index in [1.165, 1.54) is 12.8 Å². The van der Waals surface area contributed by atoms with Crippen LogP contribution in [0.2, 0.25) is 0 Å². The normalized spacial score (nSPS) is 28.4. The van der Waals surface area contributed by atoms with Crippen LogP contribution in [0.5, 0.6) is 5.75 Å². The van der Waals surface area contributed by atoms with E-state index >= 15 is 0 Å². The fourth-order valence-electron chi connectivity index (χ4n) is 3.18. The van der Waals surface area contributed by atoms with Gasteiger partial charge in [-0.1, -0.05) is 12.1 Å². The molecule has 1 saturated heterocycles. The van der Waals surface area contributed by atoms with Crippen LogP contribution in [0.1, 0.15) is 43.5 Å². The number of nitrogens with one attached hydrogen (secondary N) is 1. The van der Waals surface area contributed by atoms with Gasteiger partial charge in [0.1, 0.15) is 5.75 Å². The van der Waals surface area contributed by atoms with Crippen molar-refractivity contribution in [1.29, 1.82) is 0 Å². The molecule has 2 atom stereocenters. The first-order valence-electron chi connectivity index (χ1n) is 7.80. The monoisotopic (exact) mass is 289 g/mol. The minimum atomic E-state index is -0.266. The molecule has 1 heterocycles. The van der Waals surface area contributed by atoms with Gasteiger partial charge >= 0.3 is 0 Å². The minimum absolute atomic E-state index is 0.0716. The zero-order chi connectivity index (χ0) is 14.9. The van der Waals surface area contributed by atoms with Crippen molar-refractivity contribution in [1.82, 2.24) is 5.32 Å². The van der Waals surface area contributed by atoms with Gasteiger partial charge in [-0.15, -0.1) is 0 Å². The summed E-state index contributed by atoms with van der Waals surface area (Å²) in [5.41, 5.74) is 0.333. The van der Waals surface area contributed by atoms with Crippen molar-refractivity contribution in [2.24, 2.45) is 5.92 Å². The average molecular weight is 289 g/mol. The van der Waals surface area contributed by atoms with Gasteiger partial charge in [0.15, 0.2) is 0 Å². The van der Waals surface area contributed by atoms with Gasteiger partial charge in [-0.2, -0.15) is 0 Å². The van der Waals surface area contributed by atoms with Crippen LogP contribution in [0.4, 0.5) is 0 Å². The van der Waals surface area contributed by atoms with Crippen LogP contribution in [0.25, 0.3) is 0 Å². The van der Waals surface area contributed by atoms with Crippen LogP contribution in [0.3, 0.4) is 0 Å². The summed E-state index contributed by atoms with van der Waals surface area (Å²) < 4.78 is 11.4. The van der Waals surface area contributed by atoms with Gasteiger partial charge in [-0.3, -0.25) is 4.79 Å². The maximum atomic E-state index is 12.6. The topological polar surface area (TPSA) is 47.6 Å². The minimum Gasteiger partial charge on any atom is -0.493 e. The van der Waals surface area contributed by atoms with E-state index in [0.717, 1.165) is 13.0 Å². The first-order chi connectivity index (χ1) is 10.1. The molecule has 1 aromatic rings. The largest absolute Gasteiger partial charge is 0.493 e. The van der Waals surface area contributed by atoms with Crippen molar-refractivity contribution in [3.8, 4) is 5.75 Å². The second kappa shape index (κ2) is 5.68. The Morgan fingerprint density at radius 2 is 2.19 bits per heavy atom. The molecule has 3 rings (SSSR count). The molecule has 0 aromatic heterocycles. The number of carbonyl (C=O) groups is 1. The molecule has 0 radical (unpaired) electrons. The molecular weight excluding hydrogens is 266 g/mol. The average Bonchev–Trinajstić information content (AvgIpc) is 3.23. The highest BCUT2D eigenvalue weighted by molar-refractivity contribution is 5.97. The number of ether oxygens (including phenoxy) is 2. The lowest BCUT2D eigenvalue weighted by atomic mass is 9.90. The maximum absolute atomic E-state index is 12.6. The molecule has 21 heavy (non-hydrogen) atoms. The first kappa shape index (κ1) is 14.4. The Morgan fingerprint density at radius 3 is 2.90 bits per heavy atom. The van der Waals surface area contributed by atoms with E-state index in [4.69, 9.17) is 9.47 Å². The molecule has 1 N–H and O–H groups in total. The number of hydrogen-bond donors (Lipinski definition) is 1. The molecule has 2 unspecified atom stereocenters. The van der Waals surface area contributed by atoms with Crippen molar-refractivity contribution < 1.29 is 14.3 Å². The van der Waals surface area contributed by atoms with Crippen LogP contribution in [-0.2, 0) is 4.74 Å². The SMILES string of the molecule is CCOc1ccccc1C(=O)NC1(C)CCOC1C1CC1. The molecule has 1 aliphatic carbocycles. The molecule has 4 nitrogen and oxygen atoms in total. The van der Waals surface area contributed by atoms with Crippen LogP contribution in [0.15, 0.2) is 24.3 Å². The molecule has 2 fully saturated rings. The third-order valence-electron chi connectivity index (χ3n) is 4.43. The van der Waals surface area contributed by atoms with E-state index in [1.54, 1.807) is 0 Å². The molecule has 1 saturated carbocycles.